The minimum Gasteiger partial charge on any atom is -0.396 e. The van der Waals surface area contributed by atoms with E-state index in [4.69, 9.17) is 62.8 Å². The van der Waals surface area contributed by atoms with Crippen LogP contribution in [0.1, 0.15) is 41.3 Å². The third kappa shape index (κ3) is 6.84. The Balaban J connectivity index is 1.47. The van der Waals surface area contributed by atoms with Crippen molar-refractivity contribution in [2.24, 2.45) is 11.1 Å². The molecule has 1 amide bonds. The number of nitrogens with one attached hydrogen (secondary N) is 2. The van der Waals surface area contributed by atoms with Crippen molar-refractivity contribution in [3.63, 3.8) is 0 Å². The van der Waals surface area contributed by atoms with E-state index >= 15 is 0 Å². The van der Waals surface area contributed by atoms with Gasteiger partial charge in [-0.05, 0) is 74.0 Å². The van der Waals surface area contributed by atoms with Gasteiger partial charge in [0.15, 0.2) is 5.78 Å². The molecule has 12 heteroatoms. The Hall–Kier alpha value is -2.55. The molecule has 2 unspecified atom stereocenters. The first-order chi connectivity index (χ1) is 18.9. The fourth-order valence-electron chi connectivity index (χ4n) is 4.33. The van der Waals surface area contributed by atoms with Gasteiger partial charge in [0.1, 0.15) is 16.8 Å². The maximum Gasteiger partial charge on any atom is 0.257 e. The molecule has 210 valence electrons. The molecule has 3 aromatic carbocycles. The summed E-state index contributed by atoms with van der Waals surface area (Å²) >= 11 is 31.4. The molecular formula is C28H23Cl5FN3O3. The minimum atomic E-state index is -1.30. The van der Waals surface area contributed by atoms with Gasteiger partial charge in [-0.15, -0.1) is 23.2 Å². The van der Waals surface area contributed by atoms with Gasteiger partial charge in [0, 0.05) is 27.2 Å². The second-order valence-electron chi connectivity index (χ2n) is 9.09. The molecule has 0 saturated heterocycles. The molecule has 0 aliphatic heterocycles. The van der Waals surface area contributed by atoms with Gasteiger partial charge in [0.25, 0.3) is 5.91 Å². The van der Waals surface area contributed by atoms with Gasteiger partial charge in [-0.3, -0.25) is 9.59 Å². The Morgan fingerprint density at radius 3 is 2.38 bits per heavy atom. The molecule has 1 fully saturated rings. The summed E-state index contributed by atoms with van der Waals surface area (Å²) in [5, 5.41) is 10.7. The van der Waals surface area contributed by atoms with Crippen LogP contribution in [0.2, 0.25) is 15.1 Å². The largest absolute Gasteiger partial charge is 0.396 e. The van der Waals surface area contributed by atoms with E-state index in [1.54, 1.807) is 38.1 Å². The number of rotatable bonds is 10. The SMILES string of the molecule is CCO/N=C(\C)c1cc(F)ccc1NC(=O)c1cc(NCC(=O)C2C(c3cc(Cl)cc(Cl)c3)C2(Cl)Cl)ccc1Cl. The average Bonchev–Trinajstić information content (AvgIpc) is 3.48. The van der Waals surface area contributed by atoms with Crippen molar-refractivity contribution in [2.75, 3.05) is 23.8 Å². The number of halogens is 6. The molecule has 0 aromatic heterocycles. The number of anilines is 2. The first-order valence-corrected chi connectivity index (χ1v) is 14.0. The van der Waals surface area contributed by atoms with Crippen LogP contribution in [0.4, 0.5) is 15.8 Å². The number of hydrogen-bond acceptors (Lipinski definition) is 5. The predicted molar refractivity (Wildman–Crippen MR) is 160 cm³/mol. The zero-order valence-corrected chi connectivity index (χ0v) is 25.0. The number of oxime groups is 1. The van der Waals surface area contributed by atoms with Crippen LogP contribution >= 0.6 is 58.0 Å². The minimum absolute atomic E-state index is 0.103. The topological polar surface area (TPSA) is 79.8 Å². The number of amides is 1. The van der Waals surface area contributed by atoms with Crippen LogP contribution < -0.4 is 10.6 Å². The second kappa shape index (κ2) is 12.5. The number of Topliss-reactive ketones (excluding diaryl/α,β-unsaturated/α-hetero) is 1. The monoisotopic (exact) mass is 643 g/mol. The van der Waals surface area contributed by atoms with Crippen LogP contribution in [-0.2, 0) is 9.63 Å². The summed E-state index contributed by atoms with van der Waals surface area (Å²) in [4.78, 5) is 31.2. The number of carbonyl (C=O) groups is 2. The molecule has 1 saturated carbocycles. The Morgan fingerprint density at radius 2 is 1.70 bits per heavy atom. The molecule has 2 atom stereocenters. The van der Waals surface area contributed by atoms with E-state index in [0.29, 0.717) is 44.9 Å². The lowest BCUT2D eigenvalue weighted by atomic mass is 10.1. The molecular weight excluding hydrogens is 623 g/mol. The summed E-state index contributed by atoms with van der Waals surface area (Å²) in [6.45, 7) is 3.63. The van der Waals surface area contributed by atoms with Crippen LogP contribution in [0, 0.1) is 11.7 Å². The zero-order valence-electron chi connectivity index (χ0n) is 21.2. The van der Waals surface area contributed by atoms with Crippen molar-refractivity contribution in [1.82, 2.24) is 0 Å². The number of hydrogen-bond donors (Lipinski definition) is 2. The van der Waals surface area contributed by atoms with Gasteiger partial charge < -0.3 is 15.5 Å². The molecule has 2 N–H and O–H groups in total. The van der Waals surface area contributed by atoms with Crippen molar-refractivity contribution in [3.05, 3.63) is 92.2 Å². The Labute approximate surface area is 255 Å². The van der Waals surface area contributed by atoms with Gasteiger partial charge in [-0.1, -0.05) is 40.0 Å². The summed E-state index contributed by atoms with van der Waals surface area (Å²) in [5.74, 6) is -2.41. The van der Waals surface area contributed by atoms with E-state index in [9.17, 15) is 14.0 Å². The molecule has 40 heavy (non-hydrogen) atoms. The highest BCUT2D eigenvalue weighted by molar-refractivity contribution is 6.53. The summed E-state index contributed by atoms with van der Waals surface area (Å²) in [6, 6.07) is 13.5. The molecule has 1 aliphatic rings. The molecule has 3 aromatic rings. The third-order valence-corrected chi connectivity index (χ3v) is 7.98. The van der Waals surface area contributed by atoms with E-state index in [2.05, 4.69) is 15.8 Å². The smallest absolute Gasteiger partial charge is 0.257 e. The Kier molecular flexibility index (Phi) is 9.53. The lowest BCUT2D eigenvalue weighted by Gasteiger charge is -2.13. The zero-order chi connectivity index (χ0) is 29.2. The second-order valence-corrected chi connectivity index (χ2v) is 11.8. The maximum atomic E-state index is 13.9. The summed E-state index contributed by atoms with van der Waals surface area (Å²) < 4.78 is 12.6. The van der Waals surface area contributed by atoms with E-state index in [1.165, 1.54) is 30.3 Å². The van der Waals surface area contributed by atoms with Crippen LogP contribution in [0.3, 0.4) is 0 Å². The molecule has 0 bridgehead atoms. The van der Waals surface area contributed by atoms with E-state index in [-0.39, 0.29) is 22.9 Å². The lowest BCUT2D eigenvalue weighted by Crippen LogP contribution is -2.19. The van der Waals surface area contributed by atoms with Crippen molar-refractivity contribution in [1.29, 1.82) is 0 Å². The van der Waals surface area contributed by atoms with Gasteiger partial charge in [0.05, 0.1) is 34.4 Å². The van der Waals surface area contributed by atoms with Crippen molar-refractivity contribution >= 4 is 86.8 Å². The fourth-order valence-corrected chi connectivity index (χ4v) is 5.95. The highest BCUT2D eigenvalue weighted by Gasteiger charge is 2.67. The molecule has 6 nitrogen and oxygen atoms in total. The predicted octanol–water partition coefficient (Wildman–Crippen LogP) is 8.37. The van der Waals surface area contributed by atoms with Gasteiger partial charge >= 0.3 is 0 Å². The third-order valence-electron chi connectivity index (χ3n) is 6.27. The highest BCUT2D eigenvalue weighted by atomic mass is 35.5. The normalized spacial score (nSPS) is 17.8. The molecule has 1 aliphatic carbocycles. The molecule has 0 radical (unpaired) electrons. The number of carbonyl (C=O) groups excluding carboxylic acids is 2. The van der Waals surface area contributed by atoms with Crippen LogP contribution in [0.15, 0.2) is 59.8 Å². The van der Waals surface area contributed by atoms with Crippen LogP contribution in [0.25, 0.3) is 0 Å². The summed E-state index contributed by atoms with van der Waals surface area (Å²) in [5.41, 5.74) is 2.32. The van der Waals surface area contributed by atoms with Gasteiger partial charge in [-0.2, -0.15) is 0 Å². The number of ketones is 1. The van der Waals surface area contributed by atoms with Crippen molar-refractivity contribution in [2.45, 2.75) is 24.1 Å². The van der Waals surface area contributed by atoms with Crippen molar-refractivity contribution in [3.8, 4) is 0 Å². The van der Waals surface area contributed by atoms with E-state index < -0.39 is 27.9 Å². The van der Waals surface area contributed by atoms with Gasteiger partial charge in [0.2, 0.25) is 0 Å². The lowest BCUT2D eigenvalue weighted by molar-refractivity contribution is -0.118. The number of alkyl halides is 2. The first kappa shape index (κ1) is 30.4. The Morgan fingerprint density at radius 1 is 1.00 bits per heavy atom. The molecule has 0 heterocycles. The van der Waals surface area contributed by atoms with Crippen LogP contribution in [0.5, 0.6) is 0 Å². The van der Waals surface area contributed by atoms with E-state index in [1.807, 2.05) is 0 Å². The van der Waals surface area contributed by atoms with E-state index in [0.717, 1.165) is 0 Å². The van der Waals surface area contributed by atoms with Crippen LogP contribution in [-0.4, -0.2) is 34.9 Å². The number of nitrogens with zero attached hydrogens (tertiary/aromatic N) is 1. The molecule has 0 spiro atoms. The first-order valence-electron chi connectivity index (χ1n) is 12.1. The maximum absolute atomic E-state index is 13.9. The summed E-state index contributed by atoms with van der Waals surface area (Å²) in [6.07, 6.45) is 0. The highest BCUT2D eigenvalue weighted by Crippen LogP contribution is 2.65. The van der Waals surface area contributed by atoms with Crippen molar-refractivity contribution < 1.29 is 18.8 Å². The fraction of sp³-hybridized carbons (Fsp3) is 0.250. The Bertz CT molecular complexity index is 1480. The molecule has 4 rings (SSSR count). The standard InChI is InChI=1S/C28H23Cl5FN3O3/c1-3-40-37-14(2)20-11-18(34)4-7-23(20)36-27(39)21-12-19(5-6-22(21)31)35-13-24(38)26-25(28(26,32)33)15-8-16(29)10-17(30)9-15/h4-12,25-26,35H,3,13H2,1-2H3,(H,36,39)/b37-14+. The number of benzene rings is 3. The quantitative estimate of drug-likeness (QED) is 0.132. The average molecular weight is 646 g/mol. The van der Waals surface area contributed by atoms with Gasteiger partial charge in [-0.25, -0.2) is 4.39 Å². The summed E-state index contributed by atoms with van der Waals surface area (Å²) in [7, 11) is 0.